The Kier molecular flexibility index (Phi) is 3.02. The fourth-order valence-electron chi connectivity index (χ4n) is 5.63. The molecule has 5 rings (SSSR count). The quantitative estimate of drug-likeness (QED) is 0.361. The maximum absolute atomic E-state index is 11.8. The van der Waals surface area contributed by atoms with Crippen LogP contribution in [-0.4, -0.2) is 59.7 Å². The number of ether oxygens (including phenoxy) is 2. The summed E-state index contributed by atoms with van der Waals surface area (Å²) < 4.78 is 11.7. The third kappa shape index (κ3) is 1.55. The van der Waals surface area contributed by atoms with E-state index in [9.17, 15) is 10.2 Å². The van der Waals surface area contributed by atoms with E-state index < -0.39 is 23.2 Å². The molecule has 1 spiro atoms. The van der Waals surface area contributed by atoms with Crippen molar-refractivity contribution in [1.82, 2.24) is 4.90 Å². The summed E-state index contributed by atoms with van der Waals surface area (Å²) in [6.45, 7) is 0.778. The van der Waals surface area contributed by atoms with Crippen molar-refractivity contribution in [1.29, 1.82) is 0 Å². The van der Waals surface area contributed by atoms with Gasteiger partial charge in [0.05, 0.1) is 12.5 Å². The van der Waals surface area contributed by atoms with Gasteiger partial charge in [0.2, 0.25) is 0 Å². The van der Waals surface area contributed by atoms with Gasteiger partial charge in [0.25, 0.3) is 0 Å². The summed E-state index contributed by atoms with van der Waals surface area (Å²) in [5, 5.41) is 26.3. The molecule has 2 bridgehead atoms. The predicted octanol–water partition coefficient (Wildman–Crippen LogP) is 1.56. The SMILES string of the molecule is COc1cc(N=[N+]=[N-])c2c3c1O[C@H]1[C@@H](O)C=C[C@@]4(O)[C@@H](C2)N(C)CC[C@]314. The van der Waals surface area contributed by atoms with E-state index in [1.54, 1.807) is 18.2 Å². The summed E-state index contributed by atoms with van der Waals surface area (Å²) in [6.07, 6.45) is 3.11. The van der Waals surface area contributed by atoms with Crippen LogP contribution in [0.1, 0.15) is 17.5 Å². The molecule has 1 fully saturated rings. The van der Waals surface area contributed by atoms with Crippen molar-refractivity contribution in [2.24, 2.45) is 5.11 Å². The third-order valence-corrected chi connectivity index (χ3v) is 6.75. The zero-order chi connectivity index (χ0) is 18.3. The summed E-state index contributed by atoms with van der Waals surface area (Å²) in [5.74, 6) is 1.01. The highest BCUT2D eigenvalue weighted by Gasteiger charge is 2.71. The lowest BCUT2D eigenvalue weighted by molar-refractivity contribution is -0.151. The van der Waals surface area contributed by atoms with Crippen LogP contribution in [0.5, 0.6) is 11.5 Å². The second-order valence-electron chi connectivity index (χ2n) is 7.61. The minimum absolute atomic E-state index is 0.189. The van der Waals surface area contributed by atoms with Gasteiger partial charge in [0.1, 0.15) is 17.8 Å². The van der Waals surface area contributed by atoms with E-state index in [0.29, 0.717) is 30.0 Å². The maximum Gasteiger partial charge on any atom is 0.166 e. The zero-order valence-electron chi connectivity index (χ0n) is 14.6. The van der Waals surface area contributed by atoms with Crippen LogP contribution in [0.25, 0.3) is 10.4 Å². The fraction of sp³-hybridized carbons (Fsp3) is 0.556. The summed E-state index contributed by atoms with van der Waals surface area (Å²) in [6, 6.07) is 1.49. The molecule has 136 valence electrons. The number of piperidine rings is 1. The second-order valence-corrected chi connectivity index (χ2v) is 7.61. The van der Waals surface area contributed by atoms with Crippen LogP contribution in [0.2, 0.25) is 0 Å². The molecule has 2 aliphatic heterocycles. The number of methoxy groups -OCH3 is 1. The van der Waals surface area contributed by atoms with Crippen molar-refractivity contribution < 1.29 is 19.7 Å². The van der Waals surface area contributed by atoms with Gasteiger partial charge in [0, 0.05) is 22.2 Å². The van der Waals surface area contributed by atoms with Crippen LogP contribution in [0.3, 0.4) is 0 Å². The van der Waals surface area contributed by atoms with Gasteiger partial charge >= 0.3 is 0 Å². The van der Waals surface area contributed by atoms with Crippen LogP contribution in [-0.2, 0) is 11.8 Å². The van der Waals surface area contributed by atoms with Crippen LogP contribution < -0.4 is 9.47 Å². The first-order valence-electron chi connectivity index (χ1n) is 8.74. The van der Waals surface area contributed by atoms with Gasteiger partial charge in [-0.2, -0.15) is 0 Å². The highest BCUT2D eigenvalue weighted by molar-refractivity contribution is 5.71. The normalized spacial score (nSPS) is 39.0. The maximum atomic E-state index is 11.8. The van der Waals surface area contributed by atoms with E-state index in [4.69, 9.17) is 15.0 Å². The molecule has 26 heavy (non-hydrogen) atoms. The number of likely N-dealkylation sites (tertiary alicyclic amines) is 1. The lowest BCUT2D eigenvalue weighted by Crippen LogP contribution is -2.75. The molecule has 0 unspecified atom stereocenters. The number of rotatable bonds is 2. The molecule has 0 aromatic heterocycles. The highest BCUT2D eigenvalue weighted by Crippen LogP contribution is 2.65. The number of aliphatic hydroxyl groups excluding tert-OH is 1. The number of azide groups is 1. The molecule has 8 nitrogen and oxygen atoms in total. The first kappa shape index (κ1) is 16.0. The molecular formula is C18H20N4O4. The lowest BCUT2D eigenvalue weighted by atomic mass is 9.50. The Morgan fingerprint density at radius 2 is 2.31 bits per heavy atom. The van der Waals surface area contributed by atoms with Gasteiger partial charge in [-0.1, -0.05) is 17.3 Å². The van der Waals surface area contributed by atoms with Gasteiger partial charge < -0.3 is 19.7 Å². The number of hydrogen-bond donors (Lipinski definition) is 2. The number of aliphatic hydroxyl groups is 2. The van der Waals surface area contributed by atoms with Crippen molar-refractivity contribution >= 4 is 5.69 Å². The molecule has 5 atom stereocenters. The largest absolute Gasteiger partial charge is 0.493 e. The Bertz CT molecular complexity index is 896. The molecule has 1 saturated heterocycles. The summed E-state index contributed by atoms with van der Waals surface area (Å²) in [5.41, 5.74) is 9.28. The lowest BCUT2D eigenvalue weighted by Gasteiger charge is -2.61. The Morgan fingerprint density at radius 1 is 1.50 bits per heavy atom. The van der Waals surface area contributed by atoms with Crippen LogP contribution in [0, 0.1) is 0 Å². The van der Waals surface area contributed by atoms with E-state index in [0.717, 1.165) is 17.7 Å². The van der Waals surface area contributed by atoms with Crippen molar-refractivity contribution in [2.45, 2.75) is 42.1 Å². The van der Waals surface area contributed by atoms with Gasteiger partial charge in [-0.25, -0.2) is 0 Å². The Hall–Kier alpha value is -2.25. The molecule has 0 radical (unpaired) electrons. The van der Waals surface area contributed by atoms with Crippen LogP contribution in [0.4, 0.5) is 5.69 Å². The van der Waals surface area contributed by atoms with Crippen molar-refractivity contribution in [3.8, 4) is 11.5 Å². The zero-order valence-corrected chi connectivity index (χ0v) is 14.6. The molecule has 2 heterocycles. The predicted molar refractivity (Wildman–Crippen MR) is 92.7 cm³/mol. The summed E-state index contributed by atoms with van der Waals surface area (Å²) in [4.78, 5) is 5.10. The molecule has 1 aromatic carbocycles. The first-order chi connectivity index (χ1) is 12.5. The Labute approximate surface area is 150 Å². The topological polar surface area (TPSA) is 111 Å². The van der Waals surface area contributed by atoms with E-state index in [-0.39, 0.29) is 6.04 Å². The molecule has 2 aliphatic carbocycles. The summed E-state index contributed by atoms with van der Waals surface area (Å²) in [7, 11) is 3.52. The fourth-order valence-corrected chi connectivity index (χ4v) is 5.63. The minimum Gasteiger partial charge on any atom is -0.493 e. The minimum atomic E-state index is -1.16. The second kappa shape index (κ2) is 4.92. The smallest absolute Gasteiger partial charge is 0.166 e. The average molecular weight is 356 g/mol. The number of likely N-dealkylation sites (N-methyl/N-ethyl adjacent to an activating group) is 1. The Morgan fingerprint density at radius 3 is 3.04 bits per heavy atom. The molecule has 4 aliphatic rings. The van der Waals surface area contributed by atoms with Gasteiger partial charge in [-0.05, 0) is 43.6 Å². The molecule has 8 heteroatoms. The number of benzene rings is 1. The van der Waals surface area contributed by atoms with E-state index in [1.165, 1.54) is 7.11 Å². The van der Waals surface area contributed by atoms with Gasteiger partial charge in [0.15, 0.2) is 11.5 Å². The Balaban J connectivity index is 1.90. The van der Waals surface area contributed by atoms with Crippen molar-refractivity contribution in [3.63, 3.8) is 0 Å². The van der Waals surface area contributed by atoms with Crippen LogP contribution in [0.15, 0.2) is 23.3 Å². The molecule has 0 amide bonds. The van der Waals surface area contributed by atoms with Gasteiger partial charge in [-0.15, -0.1) is 0 Å². The third-order valence-electron chi connectivity index (χ3n) is 6.75. The number of nitrogens with zero attached hydrogens (tertiary/aromatic N) is 4. The molecule has 2 N–H and O–H groups in total. The van der Waals surface area contributed by atoms with Crippen LogP contribution >= 0.6 is 0 Å². The number of hydrogen-bond acceptors (Lipinski definition) is 6. The van der Waals surface area contributed by atoms with E-state index in [1.807, 2.05) is 7.05 Å². The standard InChI is InChI=1S/C18H20N4O4/c1-22-6-5-17-14-9-7-13(22)18(17,24)4-3-11(23)16(17)26-15(14)12(25-2)8-10(9)20-21-19/h3-4,8,11,13,16,23-24H,5-7H2,1-2H3/t11-,13+,16-,17-,18+/m0/s1. The van der Waals surface area contributed by atoms with Crippen molar-refractivity contribution in [2.75, 3.05) is 20.7 Å². The molecular weight excluding hydrogens is 336 g/mol. The van der Waals surface area contributed by atoms with Crippen molar-refractivity contribution in [3.05, 3.63) is 39.8 Å². The van der Waals surface area contributed by atoms with E-state index in [2.05, 4.69) is 14.9 Å². The summed E-state index contributed by atoms with van der Waals surface area (Å²) >= 11 is 0. The van der Waals surface area contributed by atoms with E-state index >= 15 is 0 Å². The molecule has 1 aromatic rings. The monoisotopic (exact) mass is 356 g/mol. The first-order valence-corrected chi connectivity index (χ1v) is 8.74. The average Bonchev–Trinajstić information content (AvgIpc) is 2.97. The highest BCUT2D eigenvalue weighted by atomic mass is 16.5. The molecule has 0 saturated carbocycles. The van der Waals surface area contributed by atoms with Gasteiger partial charge in [-0.3, -0.25) is 4.90 Å².